The van der Waals surface area contributed by atoms with Crippen molar-refractivity contribution in [2.24, 2.45) is 5.73 Å². The Hall–Kier alpha value is -1.61. The van der Waals surface area contributed by atoms with Gasteiger partial charge in [0.1, 0.15) is 5.82 Å². The van der Waals surface area contributed by atoms with Crippen LogP contribution in [0.1, 0.15) is 23.9 Å². The van der Waals surface area contributed by atoms with Gasteiger partial charge in [-0.1, -0.05) is 31.2 Å². The van der Waals surface area contributed by atoms with Crippen molar-refractivity contribution in [2.75, 3.05) is 6.54 Å². The van der Waals surface area contributed by atoms with Crippen LogP contribution in [0.5, 0.6) is 0 Å². The Morgan fingerprint density at radius 1 is 1.24 bits per heavy atom. The molecular weight excluding hydrogens is 210 g/mol. The molecular formula is C14H19N3. The zero-order chi connectivity index (χ0) is 12.1. The SMILES string of the molecule is CCc1nccn1Cc1ccccc1CCN. The normalized spacial score (nSPS) is 10.7. The molecule has 1 aromatic carbocycles. The highest BCUT2D eigenvalue weighted by Gasteiger charge is 2.04. The highest BCUT2D eigenvalue weighted by Crippen LogP contribution is 2.12. The van der Waals surface area contributed by atoms with Crippen molar-refractivity contribution in [2.45, 2.75) is 26.3 Å². The molecule has 0 radical (unpaired) electrons. The van der Waals surface area contributed by atoms with E-state index in [1.54, 1.807) is 0 Å². The van der Waals surface area contributed by atoms with E-state index in [0.717, 1.165) is 25.2 Å². The number of benzene rings is 1. The molecule has 0 spiro atoms. The first kappa shape index (κ1) is 11.9. The molecule has 0 bridgehead atoms. The van der Waals surface area contributed by atoms with Gasteiger partial charge in [0.15, 0.2) is 0 Å². The Bertz CT molecular complexity index is 474. The molecule has 0 aliphatic heterocycles. The van der Waals surface area contributed by atoms with Crippen molar-refractivity contribution in [1.82, 2.24) is 9.55 Å². The molecule has 90 valence electrons. The predicted octanol–water partition coefficient (Wildman–Crippen LogP) is 1.99. The van der Waals surface area contributed by atoms with Crippen LogP contribution in [0.3, 0.4) is 0 Å². The van der Waals surface area contributed by atoms with Gasteiger partial charge in [-0.2, -0.15) is 0 Å². The molecule has 1 aromatic heterocycles. The molecule has 0 unspecified atom stereocenters. The van der Waals surface area contributed by atoms with Crippen LogP contribution in [0.25, 0.3) is 0 Å². The second-order valence-electron chi connectivity index (χ2n) is 4.13. The van der Waals surface area contributed by atoms with Gasteiger partial charge in [0.2, 0.25) is 0 Å². The number of hydrogen-bond donors (Lipinski definition) is 1. The van der Waals surface area contributed by atoms with Crippen molar-refractivity contribution in [3.63, 3.8) is 0 Å². The van der Waals surface area contributed by atoms with Crippen molar-refractivity contribution in [3.8, 4) is 0 Å². The lowest BCUT2D eigenvalue weighted by Gasteiger charge is -2.11. The molecule has 17 heavy (non-hydrogen) atoms. The van der Waals surface area contributed by atoms with Crippen molar-refractivity contribution < 1.29 is 0 Å². The molecule has 2 N–H and O–H groups in total. The van der Waals surface area contributed by atoms with Gasteiger partial charge in [0.05, 0.1) is 0 Å². The first-order valence-electron chi connectivity index (χ1n) is 6.12. The van der Waals surface area contributed by atoms with Crippen molar-refractivity contribution >= 4 is 0 Å². The van der Waals surface area contributed by atoms with Crippen LogP contribution in [0.2, 0.25) is 0 Å². The topological polar surface area (TPSA) is 43.8 Å². The maximum absolute atomic E-state index is 5.64. The van der Waals surface area contributed by atoms with E-state index < -0.39 is 0 Å². The van der Waals surface area contributed by atoms with Crippen LogP contribution in [-0.4, -0.2) is 16.1 Å². The number of rotatable bonds is 5. The molecule has 0 atom stereocenters. The van der Waals surface area contributed by atoms with Crippen molar-refractivity contribution in [3.05, 3.63) is 53.6 Å². The minimum absolute atomic E-state index is 0.696. The number of nitrogens with two attached hydrogens (primary N) is 1. The van der Waals surface area contributed by atoms with E-state index in [4.69, 9.17) is 5.73 Å². The molecule has 2 rings (SSSR count). The minimum atomic E-state index is 0.696. The third-order valence-electron chi connectivity index (χ3n) is 2.99. The number of aromatic nitrogens is 2. The summed E-state index contributed by atoms with van der Waals surface area (Å²) >= 11 is 0. The van der Waals surface area contributed by atoms with E-state index in [0.29, 0.717) is 6.54 Å². The van der Waals surface area contributed by atoms with Gasteiger partial charge in [0.25, 0.3) is 0 Å². The van der Waals surface area contributed by atoms with E-state index >= 15 is 0 Å². The highest BCUT2D eigenvalue weighted by atomic mass is 15.1. The molecule has 0 fully saturated rings. The largest absolute Gasteiger partial charge is 0.331 e. The van der Waals surface area contributed by atoms with E-state index in [9.17, 15) is 0 Å². The van der Waals surface area contributed by atoms with Gasteiger partial charge in [-0.05, 0) is 24.1 Å². The number of nitrogens with zero attached hydrogens (tertiary/aromatic N) is 2. The molecule has 0 aliphatic carbocycles. The predicted molar refractivity (Wildman–Crippen MR) is 69.9 cm³/mol. The average Bonchev–Trinajstić information content (AvgIpc) is 2.79. The summed E-state index contributed by atoms with van der Waals surface area (Å²) in [7, 11) is 0. The summed E-state index contributed by atoms with van der Waals surface area (Å²) in [4.78, 5) is 4.34. The van der Waals surface area contributed by atoms with Crippen LogP contribution in [0, 0.1) is 0 Å². The van der Waals surface area contributed by atoms with Crippen molar-refractivity contribution in [1.29, 1.82) is 0 Å². The lowest BCUT2D eigenvalue weighted by Crippen LogP contribution is -2.09. The summed E-state index contributed by atoms with van der Waals surface area (Å²) in [5.41, 5.74) is 8.32. The Kier molecular flexibility index (Phi) is 3.94. The Balaban J connectivity index is 2.23. The van der Waals surface area contributed by atoms with E-state index in [1.165, 1.54) is 11.1 Å². The van der Waals surface area contributed by atoms with Crippen LogP contribution >= 0.6 is 0 Å². The number of hydrogen-bond acceptors (Lipinski definition) is 2. The monoisotopic (exact) mass is 229 g/mol. The fraction of sp³-hybridized carbons (Fsp3) is 0.357. The van der Waals surface area contributed by atoms with Gasteiger partial charge in [0, 0.05) is 25.4 Å². The molecule has 1 heterocycles. The molecule has 3 heteroatoms. The zero-order valence-corrected chi connectivity index (χ0v) is 10.3. The number of imidazole rings is 1. The molecule has 2 aromatic rings. The summed E-state index contributed by atoms with van der Waals surface area (Å²) in [6, 6.07) is 8.48. The molecule has 0 saturated heterocycles. The fourth-order valence-electron chi connectivity index (χ4n) is 2.09. The summed E-state index contributed by atoms with van der Waals surface area (Å²) in [6.45, 7) is 3.71. The Morgan fingerprint density at radius 3 is 2.71 bits per heavy atom. The standard InChI is InChI=1S/C14H19N3/c1-2-14-16-9-10-17(14)11-13-6-4-3-5-12(13)7-8-15/h3-6,9-10H,2,7-8,11,15H2,1H3. The maximum Gasteiger partial charge on any atom is 0.108 e. The summed E-state index contributed by atoms with van der Waals surface area (Å²) in [5.74, 6) is 1.13. The van der Waals surface area contributed by atoms with Crippen LogP contribution in [-0.2, 0) is 19.4 Å². The maximum atomic E-state index is 5.64. The minimum Gasteiger partial charge on any atom is -0.331 e. The zero-order valence-electron chi connectivity index (χ0n) is 10.3. The van der Waals surface area contributed by atoms with Crippen LogP contribution in [0.4, 0.5) is 0 Å². The first-order chi connectivity index (χ1) is 8.35. The van der Waals surface area contributed by atoms with Gasteiger partial charge in [-0.3, -0.25) is 0 Å². The van der Waals surface area contributed by atoms with Crippen LogP contribution in [0.15, 0.2) is 36.7 Å². The summed E-state index contributed by atoms with van der Waals surface area (Å²) < 4.78 is 2.20. The first-order valence-corrected chi connectivity index (χ1v) is 6.12. The molecule has 0 amide bonds. The quantitative estimate of drug-likeness (QED) is 0.852. The Labute approximate surface area is 102 Å². The van der Waals surface area contributed by atoms with E-state index in [-0.39, 0.29) is 0 Å². The third kappa shape index (κ3) is 2.74. The van der Waals surface area contributed by atoms with Gasteiger partial charge in [-0.15, -0.1) is 0 Å². The van der Waals surface area contributed by atoms with Gasteiger partial charge in [-0.25, -0.2) is 4.98 Å². The number of aryl methyl sites for hydroxylation is 1. The van der Waals surface area contributed by atoms with Gasteiger partial charge >= 0.3 is 0 Å². The third-order valence-corrected chi connectivity index (χ3v) is 2.99. The summed E-state index contributed by atoms with van der Waals surface area (Å²) in [5, 5.41) is 0. The molecule has 3 nitrogen and oxygen atoms in total. The van der Waals surface area contributed by atoms with Crippen LogP contribution < -0.4 is 5.73 Å². The highest BCUT2D eigenvalue weighted by molar-refractivity contribution is 5.28. The lowest BCUT2D eigenvalue weighted by molar-refractivity contribution is 0.724. The fourth-order valence-corrected chi connectivity index (χ4v) is 2.09. The molecule has 0 saturated carbocycles. The van der Waals surface area contributed by atoms with Gasteiger partial charge < -0.3 is 10.3 Å². The average molecular weight is 229 g/mol. The Morgan fingerprint density at radius 2 is 2.00 bits per heavy atom. The van der Waals surface area contributed by atoms with E-state index in [2.05, 4.69) is 40.7 Å². The lowest BCUT2D eigenvalue weighted by atomic mass is 10.0. The second kappa shape index (κ2) is 5.64. The smallest absolute Gasteiger partial charge is 0.108 e. The molecule has 0 aliphatic rings. The van der Waals surface area contributed by atoms with E-state index in [1.807, 2.05) is 12.4 Å². The summed E-state index contributed by atoms with van der Waals surface area (Å²) in [6.07, 6.45) is 5.81. The second-order valence-corrected chi connectivity index (χ2v) is 4.13.